The summed E-state index contributed by atoms with van der Waals surface area (Å²) in [5.74, 6) is 0.660. The maximum absolute atomic E-state index is 13.1. The number of carbonyl (C=O) groups excluding carboxylic acids is 1. The molecule has 1 aliphatic heterocycles. The van der Waals surface area contributed by atoms with Crippen LogP contribution in [0.4, 0.5) is 10.5 Å². The highest BCUT2D eigenvalue weighted by molar-refractivity contribution is 7.91. The number of aromatic nitrogens is 2. The van der Waals surface area contributed by atoms with Crippen LogP contribution in [0.1, 0.15) is 41.5 Å². The van der Waals surface area contributed by atoms with Gasteiger partial charge in [0.1, 0.15) is 11.0 Å². The number of amides is 2. The van der Waals surface area contributed by atoms with Crippen molar-refractivity contribution in [2.24, 2.45) is 9.50 Å². The molecular formula is C20H25N5O4S. The lowest BCUT2D eigenvalue weighted by atomic mass is 9.75. The molecule has 9 nitrogen and oxygen atoms in total. The van der Waals surface area contributed by atoms with Crippen molar-refractivity contribution in [2.75, 3.05) is 19.0 Å². The summed E-state index contributed by atoms with van der Waals surface area (Å²) in [6, 6.07) is 1.55. The number of urea groups is 1. The lowest BCUT2D eigenvalue weighted by Crippen LogP contribution is -2.23. The van der Waals surface area contributed by atoms with E-state index in [0.29, 0.717) is 19.1 Å². The second-order valence-corrected chi connectivity index (χ2v) is 9.96. The topological polar surface area (TPSA) is 121 Å². The Morgan fingerprint density at radius 3 is 3.07 bits per heavy atom. The van der Waals surface area contributed by atoms with E-state index in [1.807, 2.05) is 0 Å². The van der Waals surface area contributed by atoms with Gasteiger partial charge in [-0.2, -0.15) is 5.10 Å². The third-order valence-electron chi connectivity index (χ3n) is 6.08. The molecule has 3 N–H and O–H groups in total. The van der Waals surface area contributed by atoms with E-state index in [-0.39, 0.29) is 16.9 Å². The van der Waals surface area contributed by atoms with E-state index in [4.69, 9.17) is 14.6 Å². The van der Waals surface area contributed by atoms with E-state index in [1.165, 1.54) is 28.5 Å². The maximum Gasteiger partial charge on any atom is 0.354 e. The number of hydrogen-bond donors (Lipinski definition) is 2. The van der Waals surface area contributed by atoms with Crippen LogP contribution in [0.3, 0.4) is 0 Å². The van der Waals surface area contributed by atoms with Crippen molar-refractivity contribution in [3.8, 4) is 5.88 Å². The third-order valence-corrected chi connectivity index (χ3v) is 7.42. The zero-order valence-electron chi connectivity index (χ0n) is 17.0. The SMILES string of the molecule is COC[C@H]1Cn2ncc([S@](N)(=O)=NC(=O)Nc3c4c(cc5c3[C@@H](C)C5)CCC4)c2O1. The van der Waals surface area contributed by atoms with Crippen LogP contribution in [0.5, 0.6) is 5.88 Å². The van der Waals surface area contributed by atoms with Gasteiger partial charge in [0.2, 0.25) is 5.88 Å². The van der Waals surface area contributed by atoms with E-state index in [9.17, 15) is 9.00 Å². The molecule has 0 saturated carbocycles. The standard InChI is InChI=1S/C20H25N5O4S/c1-11-6-13-7-12-4-3-5-15(12)18(17(11)13)23-20(26)24-30(21,27)16-8-22-25-9-14(10-28-2)29-19(16)25/h7-8,11,14H,3-6,9-10H2,1-2H3,(H3,21,23,24,26,27)/t11-,14+,30+/m0/s1. The average molecular weight is 432 g/mol. The average Bonchev–Trinajstić information content (AvgIpc) is 3.35. The van der Waals surface area contributed by atoms with Crippen molar-refractivity contribution < 1.29 is 18.5 Å². The van der Waals surface area contributed by atoms with Gasteiger partial charge in [-0.1, -0.05) is 13.0 Å². The van der Waals surface area contributed by atoms with Gasteiger partial charge in [0.25, 0.3) is 0 Å². The Hall–Kier alpha value is -2.43. The van der Waals surface area contributed by atoms with E-state index in [0.717, 1.165) is 31.4 Å². The Bertz CT molecular complexity index is 1160. The molecule has 0 bridgehead atoms. The van der Waals surface area contributed by atoms with E-state index in [1.54, 1.807) is 11.8 Å². The number of fused-ring (bicyclic) bond motifs is 3. The van der Waals surface area contributed by atoms with Crippen molar-refractivity contribution in [1.29, 1.82) is 0 Å². The number of aryl methyl sites for hydroxylation is 1. The zero-order chi connectivity index (χ0) is 21.0. The summed E-state index contributed by atoms with van der Waals surface area (Å²) in [5, 5.41) is 13.0. The molecule has 2 heterocycles. The van der Waals surface area contributed by atoms with Crippen LogP contribution < -0.4 is 15.2 Å². The van der Waals surface area contributed by atoms with Gasteiger partial charge >= 0.3 is 6.03 Å². The van der Waals surface area contributed by atoms with Crippen molar-refractivity contribution in [2.45, 2.75) is 56.1 Å². The summed E-state index contributed by atoms with van der Waals surface area (Å²) in [7, 11) is -1.94. The van der Waals surface area contributed by atoms with E-state index < -0.39 is 15.9 Å². The highest BCUT2D eigenvalue weighted by Gasteiger charge is 2.33. The van der Waals surface area contributed by atoms with Crippen LogP contribution in [-0.4, -0.2) is 39.8 Å². The molecular weight excluding hydrogens is 406 g/mol. The fraction of sp³-hybridized carbons (Fsp3) is 0.500. The largest absolute Gasteiger partial charge is 0.469 e. The summed E-state index contributed by atoms with van der Waals surface area (Å²) in [4.78, 5) is 12.9. The fourth-order valence-corrected chi connectivity index (χ4v) is 5.76. The Morgan fingerprint density at radius 1 is 1.47 bits per heavy atom. The number of rotatable bonds is 4. The normalized spacial score (nSPS) is 22.9. The second-order valence-electron chi connectivity index (χ2n) is 8.20. The second kappa shape index (κ2) is 7.07. The van der Waals surface area contributed by atoms with Crippen LogP contribution in [0.2, 0.25) is 0 Å². The van der Waals surface area contributed by atoms with Crippen LogP contribution >= 0.6 is 0 Å². The van der Waals surface area contributed by atoms with Gasteiger partial charge in [-0.05, 0) is 53.9 Å². The summed E-state index contributed by atoms with van der Waals surface area (Å²) >= 11 is 0. The van der Waals surface area contributed by atoms with Gasteiger partial charge in [0.05, 0.1) is 19.3 Å². The first kappa shape index (κ1) is 19.5. The van der Waals surface area contributed by atoms with Crippen molar-refractivity contribution in [3.05, 3.63) is 34.5 Å². The highest BCUT2D eigenvalue weighted by atomic mass is 32.2. The molecule has 1 aromatic carbocycles. The molecule has 0 saturated heterocycles. The molecule has 5 rings (SSSR count). The lowest BCUT2D eigenvalue weighted by molar-refractivity contribution is 0.0920. The van der Waals surface area contributed by atoms with Crippen LogP contribution in [0.25, 0.3) is 0 Å². The number of benzene rings is 1. The van der Waals surface area contributed by atoms with Gasteiger partial charge in [0, 0.05) is 12.8 Å². The maximum atomic E-state index is 13.1. The monoisotopic (exact) mass is 431 g/mol. The molecule has 0 unspecified atom stereocenters. The number of nitrogens with one attached hydrogen (secondary N) is 1. The summed E-state index contributed by atoms with van der Waals surface area (Å²) in [6.45, 7) is 2.98. The quantitative estimate of drug-likeness (QED) is 0.770. The minimum Gasteiger partial charge on any atom is -0.469 e. The van der Waals surface area contributed by atoms with Gasteiger partial charge in [0.15, 0.2) is 9.92 Å². The van der Waals surface area contributed by atoms with Crippen molar-refractivity contribution in [3.63, 3.8) is 0 Å². The minimum atomic E-state index is -3.52. The number of methoxy groups -OCH3 is 1. The summed E-state index contributed by atoms with van der Waals surface area (Å²) in [5.41, 5.74) is 5.74. The molecule has 3 aliphatic rings. The molecule has 10 heteroatoms. The Morgan fingerprint density at radius 2 is 2.30 bits per heavy atom. The first-order chi connectivity index (χ1) is 14.4. The Balaban J connectivity index is 1.44. The van der Waals surface area contributed by atoms with Gasteiger partial charge in [-0.25, -0.2) is 18.8 Å². The molecule has 2 aliphatic carbocycles. The molecule has 0 spiro atoms. The molecule has 3 atom stereocenters. The number of carbonyl (C=O) groups is 1. The van der Waals surface area contributed by atoms with E-state index in [2.05, 4.69) is 27.8 Å². The molecule has 2 amide bonds. The predicted octanol–water partition coefficient (Wildman–Crippen LogP) is 2.37. The first-order valence-electron chi connectivity index (χ1n) is 10.1. The summed E-state index contributed by atoms with van der Waals surface area (Å²) < 4.78 is 29.4. The smallest absolute Gasteiger partial charge is 0.354 e. The Labute approximate surface area is 175 Å². The molecule has 30 heavy (non-hydrogen) atoms. The number of hydrogen-bond acceptors (Lipinski definition) is 5. The van der Waals surface area contributed by atoms with Gasteiger partial charge in [-0.15, -0.1) is 4.36 Å². The molecule has 160 valence electrons. The van der Waals surface area contributed by atoms with Crippen LogP contribution in [0.15, 0.2) is 21.5 Å². The number of nitrogens with two attached hydrogens (primary N) is 1. The van der Waals surface area contributed by atoms with Crippen molar-refractivity contribution >= 4 is 21.6 Å². The van der Waals surface area contributed by atoms with Crippen LogP contribution in [0, 0.1) is 0 Å². The molecule has 2 aromatic rings. The van der Waals surface area contributed by atoms with Crippen LogP contribution in [-0.2, 0) is 40.5 Å². The van der Waals surface area contributed by atoms with E-state index >= 15 is 0 Å². The minimum absolute atomic E-state index is 0.121. The third kappa shape index (κ3) is 3.10. The number of ether oxygens (including phenoxy) is 2. The van der Waals surface area contributed by atoms with Gasteiger partial charge in [-0.3, -0.25) is 0 Å². The Kier molecular flexibility index (Phi) is 4.60. The first-order valence-corrected chi connectivity index (χ1v) is 11.7. The van der Waals surface area contributed by atoms with Crippen molar-refractivity contribution in [1.82, 2.24) is 9.78 Å². The van der Waals surface area contributed by atoms with Gasteiger partial charge < -0.3 is 14.8 Å². The zero-order valence-corrected chi connectivity index (χ0v) is 17.8. The predicted molar refractivity (Wildman–Crippen MR) is 111 cm³/mol. The fourth-order valence-electron chi connectivity index (χ4n) is 4.77. The molecule has 0 fully saturated rings. The number of nitrogens with zero attached hydrogens (tertiary/aromatic N) is 3. The molecule has 0 radical (unpaired) electrons. The summed E-state index contributed by atoms with van der Waals surface area (Å²) in [6.07, 6.45) is 5.14. The lowest BCUT2D eigenvalue weighted by Gasteiger charge is -2.31. The number of anilines is 1. The highest BCUT2D eigenvalue weighted by Crippen LogP contribution is 2.45. The molecule has 1 aromatic heterocycles.